The van der Waals surface area contributed by atoms with Crippen LogP contribution in [0.2, 0.25) is 0 Å². The third-order valence-electron chi connectivity index (χ3n) is 6.54. The highest BCUT2D eigenvalue weighted by Gasteiger charge is 2.21. The van der Waals surface area contributed by atoms with Crippen LogP contribution in [-0.4, -0.2) is 0 Å². The number of hydrogen-bond donors (Lipinski definition) is 0. The van der Waals surface area contributed by atoms with Gasteiger partial charge in [0.2, 0.25) is 0 Å². The molecule has 3 aromatic rings. The molecule has 0 aromatic heterocycles. The highest BCUT2D eigenvalue weighted by molar-refractivity contribution is 5.49. The third-order valence-corrected chi connectivity index (χ3v) is 6.54. The molecule has 170 valence electrons. The second kappa shape index (κ2) is 10.0. The van der Waals surface area contributed by atoms with E-state index in [0.29, 0.717) is 23.7 Å². The van der Waals surface area contributed by atoms with Gasteiger partial charge in [0.25, 0.3) is 0 Å². The Hall–Kier alpha value is -2.41. The molecule has 0 nitrogen and oxygen atoms in total. The first-order valence-electron chi connectivity index (χ1n) is 12.1. The molecule has 0 bridgehead atoms. The fraction of sp³-hybridized carbons (Fsp3) is 0.419. The van der Waals surface area contributed by atoms with Crippen molar-refractivity contribution in [1.82, 2.24) is 0 Å². The molecule has 0 saturated carbocycles. The molecule has 0 fully saturated rings. The summed E-state index contributed by atoms with van der Waals surface area (Å²) in [5.74, 6) is 1.70. The van der Waals surface area contributed by atoms with Gasteiger partial charge in [0.15, 0.2) is 0 Å². The molecular formula is C31H39F. The molecule has 0 unspecified atom stereocenters. The average molecular weight is 431 g/mol. The van der Waals surface area contributed by atoms with E-state index in [-0.39, 0.29) is 11.7 Å². The summed E-state index contributed by atoms with van der Waals surface area (Å²) in [6, 6.07) is 21.2. The summed E-state index contributed by atoms with van der Waals surface area (Å²) in [7, 11) is 0. The Morgan fingerprint density at radius 1 is 0.406 bits per heavy atom. The van der Waals surface area contributed by atoms with Gasteiger partial charge in [0.05, 0.1) is 0 Å². The smallest absolute Gasteiger partial charge is 0.123 e. The lowest BCUT2D eigenvalue weighted by Gasteiger charge is -2.25. The molecule has 3 aromatic carbocycles. The average Bonchev–Trinajstić information content (AvgIpc) is 2.74. The highest BCUT2D eigenvalue weighted by atomic mass is 19.1. The van der Waals surface area contributed by atoms with E-state index in [9.17, 15) is 4.39 Å². The van der Waals surface area contributed by atoms with Crippen molar-refractivity contribution in [1.29, 1.82) is 0 Å². The molecule has 0 N–H and O–H groups in total. The normalized spacial score (nSPS) is 12.1. The molecule has 0 aliphatic carbocycles. The molecule has 3 rings (SSSR count). The van der Waals surface area contributed by atoms with Gasteiger partial charge in [-0.05, 0) is 74.7 Å². The van der Waals surface area contributed by atoms with Gasteiger partial charge in [-0.3, -0.25) is 0 Å². The van der Waals surface area contributed by atoms with Crippen molar-refractivity contribution in [3.05, 3.63) is 105 Å². The topological polar surface area (TPSA) is 0 Å². The zero-order chi connectivity index (χ0) is 23.6. The van der Waals surface area contributed by atoms with E-state index in [1.165, 1.54) is 33.4 Å². The Kier molecular flexibility index (Phi) is 7.59. The van der Waals surface area contributed by atoms with Crippen LogP contribution >= 0.6 is 0 Å². The highest BCUT2D eigenvalue weighted by Crippen LogP contribution is 2.38. The van der Waals surface area contributed by atoms with Gasteiger partial charge in [0.1, 0.15) is 5.82 Å². The van der Waals surface area contributed by atoms with Crippen molar-refractivity contribution >= 4 is 0 Å². The maximum Gasteiger partial charge on any atom is 0.123 e. The second-order valence-electron chi connectivity index (χ2n) is 10.5. The molecule has 0 heterocycles. The largest absolute Gasteiger partial charge is 0.207 e. The van der Waals surface area contributed by atoms with Crippen LogP contribution in [0.4, 0.5) is 4.39 Å². The SMILES string of the molecule is CC(C)c1cc(C(C)C)cc(C(c2ccc(F)cc2)c2cc(C(C)C)cc(C(C)C)c2)c1. The monoisotopic (exact) mass is 430 g/mol. The molecule has 0 amide bonds. The van der Waals surface area contributed by atoms with Gasteiger partial charge >= 0.3 is 0 Å². The van der Waals surface area contributed by atoms with E-state index >= 15 is 0 Å². The summed E-state index contributed by atoms with van der Waals surface area (Å²) in [6.45, 7) is 18.1. The fourth-order valence-corrected chi connectivity index (χ4v) is 4.30. The van der Waals surface area contributed by atoms with Gasteiger partial charge in [0, 0.05) is 5.92 Å². The number of benzene rings is 3. The third kappa shape index (κ3) is 5.49. The second-order valence-corrected chi connectivity index (χ2v) is 10.5. The minimum Gasteiger partial charge on any atom is -0.207 e. The van der Waals surface area contributed by atoms with Crippen molar-refractivity contribution in [3.63, 3.8) is 0 Å². The molecule has 0 radical (unpaired) electrons. The Balaban J connectivity index is 2.31. The van der Waals surface area contributed by atoms with E-state index in [0.717, 1.165) is 5.56 Å². The van der Waals surface area contributed by atoms with Gasteiger partial charge < -0.3 is 0 Å². The first-order chi connectivity index (χ1) is 15.1. The zero-order valence-corrected chi connectivity index (χ0v) is 21.0. The minimum absolute atomic E-state index is 0.0722. The fourth-order valence-electron chi connectivity index (χ4n) is 4.30. The molecule has 1 heteroatoms. The van der Waals surface area contributed by atoms with E-state index in [4.69, 9.17) is 0 Å². The van der Waals surface area contributed by atoms with Gasteiger partial charge in [-0.1, -0.05) is 104 Å². The van der Waals surface area contributed by atoms with Crippen molar-refractivity contribution in [2.45, 2.75) is 85.0 Å². The number of halogens is 1. The Morgan fingerprint density at radius 2 is 0.688 bits per heavy atom. The Bertz CT molecular complexity index is 923. The summed E-state index contributed by atoms with van der Waals surface area (Å²) in [6.07, 6.45) is 0. The van der Waals surface area contributed by atoms with Crippen LogP contribution in [0.25, 0.3) is 0 Å². The number of rotatable bonds is 7. The Morgan fingerprint density at radius 3 is 0.969 bits per heavy atom. The molecule has 32 heavy (non-hydrogen) atoms. The van der Waals surface area contributed by atoms with Crippen LogP contribution in [0.5, 0.6) is 0 Å². The van der Waals surface area contributed by atoms with Crippen molar-refractivity contribution in [2.75, 3.05) is 0 Å². The van der Waals surface area contributed by atoms with E-state index in [1.807, 2.05) is 12.1 Å². The molecule has 0 aliphatic heterocycles. The van der Waals surface area contributed by atoms with Crippen molar-refractivity contribution in [3.8, 4) is 0 Å². The van der Waals surface area contributed by atoms with Gasteiger partial charge in [-0.25, -0.2) is 4.39 Å². The molecule has 0 atom stereocenters. The lowest BCUT2D eigenvalue weighted by atomic mass is 9.79. The van der Waals surface area contributed by atoms with Crippen LogP contribution in [0.15, 0.2) is 60.7 Å². The summed E-state index contributed by atoms with van der Waals surface area (Å²) >= 11 is 0. The van der Waals surface area contributed by atoms with Crippen molar-refractivity contribution in [2.24, 2.45) is 0 Å². The summed E-state index contributed by atoms with van der Waals surface area (Å²) in [4.78, 5) is 0. The first-order valence-corrected chi connectivity index (χ1v) is 12.1. The Labute approximate surface area is 194 Å². The van der Waals surface area contributed by atoms with Gasteiger partial charge in [-0.15, -0.1) is 0 Å². The van der Waals surface area contributed by atoms with E-state index in [1.54, 1.807) is 12.1 Å². The summed E-state index contributed by atoms with van der Waals surface area (Å²) < 4.78 is 13.8. The molecular weight excluding hydrogens is 391 g/mol. The van der Waals surface area contributed by atoms with Gasteiger partial charge in [-0.2, -0.15) is 0 Å². The van der Waals surface area contributed by atoms with Crippen LogP contribution in [0.1, 0.15) is 124 Å². The van der Waals surface area contributed by atoms with Crippen LogP contribution in [-0.2, 0) is 0 Å². The maximum atomic E-state index is 13.8. The van der Waals surface area contributed by atoms with E-state index in [2.05, 4.69) is 91.8 Å². The first kappa shape index (κ1) is 24.2. The predicted octanol–water partition coefficient (Wildman–Crippen LogP) is 9.50. The summed E-state index contributed by atoms with van der Waals surface area (Å²) in [5, 5.41) is 0. The minimum atomic E-state index is -0.190. The van der Waals surface area contributed by atoms with Crippen LogP contribution in [0, 0.1) is 5.82 Å². The van der Waals surface area contributed by atoms with Crippen LogP contribution in [0.3, 0.4) is 0 Å². The quantitative estimate of drug-likeness (QED) is 0.327. The van der Waals surface area contributed by atoms with Crippen LogP contribution < -0.4 is 0 Å². The molecule has 0 spiro atoms. The number of hydrogen-bond acceptors (Lipinski definition) is 0. The van der Waals surface area contributed by atoms with Crippen molar-refractivity contribution < 1.29 is 4.39 Å². The molecule has 0 saturated heterocycles. The lowest BCUT2D eigenvalue weighted by molar-refractivity contribution is 0.626. The predicted molar refractivity (Wildman–Crippen MR) is 137 cm³/mol. The molecule has 0 aliphatic rings. The van der Waals surface area contributed by atoms with E-state index < -0.39 is 0 Å². The lowest BCUT2D eigenvalue weighted by Crippen LogP contribution is -2.08. The maximum absolute atomic E-state index is 13.8. The standard InChI is InChI=1S/C31H39F/c1-19(2)24-13-25(20(3)4)16-28(15-24)31(23-9-11-30(32)12-10-23)29-17-26(21(5)6)14-27(18-29)22(7)8/h9-22,31H,1-8H3. The summed E-state index contributed by atoms with van der Waals surface area (Å²) in [5.41, 5.74) is 9.18. The zero-order valence-electron chi connectivity index (χ0n) is 21.0.